The van der Waals surface area contributed by atoms with E-state index in [9.17, 15) is 5.11 Å². The summed E-state index contributed by atoms with van der Waals surface area (Å²) in [6, 6.07) is 3.68. The van der Waals surface area contributed by atoms with Gasteiger partial charge in [-0.05, 0) is 40.9 Å². The van der Waals surface area contributed by atoms with Gasteiger partial charge in [-0.2, -0.15) is 4.98 Å². The van der Waals surface area contributed by atoms with Crippen LogP contribution in [0.15, 0.2) is 27.3 Å². The van der Waals surface area contributed by atoms with Gasteiger partial charge < -0.3 is 9.63 Å². The van der Waals surface area contributed by atoms with Crippen LogP contribution >= 0.6 is 15.9 Å². The van der Waals surface area contributed by atoms with Crippen LogP contribution in [0.5, 0.6) is 0 Å². The zero-order valence-corrected chi connectivity index (χ0v) is 12.6. The number of aliphatic hydroxyl groups excluding tert-OH is 1. The molecule has 0 spiro atoms. The van der Waals surface area contributed by atoms with E-state index in [2.05, 4.69) is 31.1 Å². The fraction of sp³-hybridized carbons (Fsp3) is 0.462. The van der Waals surface area contributed by atoms with E-state index in [4.69, 9.17) is 4.52 Å². The summed E-state index contributed by atoms with van der Waals surface area (Å²) >= 11 is 3.32. The molecule has 0 radical (unpaired) electrons. The molecule has 0 aromatic carbocycles. The van der Waals surface area contributed by atoms with E-state index in [1.165, 1.54) is 0 Å². The summed E-state index contributed by atoms with van der Waals surface area (Å²) in [4.78, 5) is 8.55. The Labute approximate surface area is 120 Å². The van der Waals surface area contributed by atoms with Crippen molar-refractivity contribution >= 4 is 15.9 Å². The second-order valence-electron chi connectivity index (χ2n) is 4.83. The minimum absolute atomic E-state index is 0.170. The highest BCUT2D eigenvalue weighted by molar-refractivity contribution is 9.10. The predicted octanol–water partition coefficient (Wildman–Crippen LogP) is 3.01. The summed E-state index contributed by atoms with van der Waals surface area (Å²) < 4.78 is 6.15. The summed E-state index contributed by atoms with van der Waals surface area (Å²) in [5.41, 5.74) is 0.645. The molecule has 0 fully saturated rings. The van der Waals surface area contributed by atoms with Crippen molar-refractivity contribution in [3.8, 4) is 11.5 Å². The number of rotatable bonds is 4. The summed E-state index contributed by atoms with van der Waals surface area (Å²) in [5, 5.41) is 13.7. The van der Waals surface area contributed by atoms with Crippen LogP contribution in [0, 0.1) is 5.92 Å². The fourth-order valence-corrected chi connectivity index (χ4v) is 2.27. The monoisotopic (exact) mass is 325 g/mol. The highest BCUT2D eigenvalue weighted by atomic mass is 79.9. The van der Waals surface area contributed by atoms with Gasteiger partial charge in [0.15, 0.2) is 0 Å². The SMILES string of the molecule is CC(C)C(c1nc(-c2ccc(Br)cn2)no1)C(C)O. The average Bonchev–Trinajstić information content (AvgIpc) is 2.78. The van der Waals surface area contributed by atoms with Gasteiger partial charge in [0.1, 0.15) is 5.69 Å². The number of aliphatic hydroxyl groups is 1. The molecule has 0 saturated heterocycles. The Hall–Kier alpha value is -1.27. The van der Waals surface area contributed by atoms with Crippen LogP contribution in [0.2, 0.25) is 0 Å². The van der Waals surface area contributed by atoms with Gasteiger partial charge in [-0.15, -0.1) is 0 Å². The Morgan fingerprint density at radius 3 is 2.53 bits per heavy atom. The summed E-state index contributed by atoms with van der Waals surface area (Å²) in [7, 11) is 0. The highest BCUT2D eigenvalue weighted by Gasteiger charge is 2.27. The van der Waals surface area contributed by atoms with Crippen LogP contribution in [-0.4, -0.2) is 26.3 Å². The topological polar surface area (TPSA) is 72.0 Å². The first kappa shape index (κ1) is 14.1. The third-order valence-corrected chi connectivity index (χ3v) is 3.39. The standard InChI is InChI=1S/C13H16BrN3O2/c1-7(2)11(8(3)18)13-16-12(17-19-13)10-5-4-9(14)6-15-10/h4-8,11,18H,1-3H3. The Balaban J connectivity index is 2.30. The molecule has 2 unspecified atom stereocenters. The lowest BCUT2D eigenvalue weighted by molar-refractivity contribution is 0.120. The van der Waals surface area contributed by atoms with Gasteiger partial charge in [0, 0.05) is 10.7 Å². The van der Waals surface area contributed by atoms with Crippen molar-refractivity contribution in [2.75, 3.05) is 0 Å². The number of pyridine rings is 1. The molecule has 0 aliphatic heterocycles. The van der Waals surface area contributed by atoms with Crippen LogP contribution in [-0.2, 0) is 0 Å². The van der Waals surface area contributed by atoms with Gasteiger partial charge in [-0.1, -0.05) is 19.0 Å². The Morgan fingerprint density at radius 1 is 1.26 bits per heavy atom. The molecule has 102 valence electrons. The van der Waals surface area contributed by atoms with Gasteiger partial charge in [0.2, 0.25) is 11.7 Å². The number of aromatic nitrogens is 3. The molecule has 0 bridgehead atoms. The van der Waals surface area contributed by atoms with Crippen molar-refractivity contribution in [1.29, 1.82) is 0 Å². The van der Waals surface area contributed by atoms with Gasteiger partial charge in [0.25, 0.3) is 0 Å². The zero-order valence-electron chi connectivity index (χ0n) is 11.0. The number of hydrogen-bond acceptors (Lipinski definition) is 5. The Morgan fingerprint density at radius 2 is 2.00 bits per heavy atom. The minimum Gasteiger partial charge on any atom is -0.393 e. The van der Waals surface area contributed by atoms with Crippen LogP contribution < -0.4 is 0 Å². The largest absolute Gasteiger partial charge is 0.393 e. The van der Waals surface area contributed by atoms with Crippen molar-refractivity contribution in [1.82, 2.24) is 15.1 Å². The lowest BCUT2D eigenvalue weighted by Gasteiger charge is -2.19. The van der Waals surface area contributed by atoms with E-state index in [1.807, 2.05) is 26.0 Å². The zero-order chi connectivity index (χ0) is 14.0. The van der Waals surface area contributed by atoms with Crippen molar-refractivity contribution in [2.24, 2.45) is 5.92 Å². The van der Waals surface area contributed by atoms with E-state index in [1.54, 1.807) is 13.1 Å². The van der Waals surface area contributed by atoms with Crippen molar-refractivity contribution in [3.05, 3.63) is 28.7 Å². The predicted molar refractivity (Wildman–Crippen MR) is 74.5 cm³/mol. The van der Waals surface area contributed by atoms with Gasteiger partial charge in [-0.25, -0.2) is 0 Å². The van der Waals surface area contributed by atoms with Crippen LogP contribution in [0.3, 0.4) is 0 Å². The van der Waals surface area contributed by atoms with Gasteiger partial charge in [0.05, 0.1) is 12.0 Å². The molecule has 2 aromatic rings. The minimum atomic E-state index is -0.536. The number of hydrogen-bond donors (Lipinski definition) is 1. The molecule has 1 N–H and O–H groups in total. The van der Waals surface area contributed by atoms with E-state index in [0.29, 0.717) is 17.4 Å². The summed E-state index contributed by atoms with van der Waals surface area (Å²) in [6.45, 7) is 5.75. The smallest absolute Gasteiger partial charge is 0.232 e. The van der Waals surface area contributed by atoms with Crippen LogP contribution in [0.1, 0.15) is 32.6 Å². The second-order valence-corrected chi connectivity index (χ2v) is 5.74. The average molecular weight is 326 g/mol. The van der Waals surface area contributed by atoms with Crippen molar-refractivity contribution in [3.63, 3.8) is 0 Å². The molecule has 2 aromatic heterocycles. The third-order valence-electron chi connectivity index (χ3n) is 2.92. The van der Waals surface area contributed by atoms with E-state index < -0.39 is 6.10 Å². The molecule has 5 nitrogen and oxygen atoms in total. The molecular weight excluding hydrogens is 310 g/mol. The number of halogens is 1. The lowest BCUT2D eigenvalue weighted by Crippen LogP contribution is -2.20. The van der Waals surface area contributed by atoms with Crippen molar-refractivity contribution in [2.45, 2.75) is 32.8 Å². The van der Waals surface area contributed by atoms with Crippen molar-refractivity contribution < 1.29 is 9.63 Å². The fourth-order valence-electron chi connectivity index (χ4n) is 2.03. The van der Waals surface area contributed by atoms with Gasteiger partial charge >= 0.3 is 0 Å². The Kier molecular flexibility index (Phi) is 4.31. The van der Waals surface area contributed by atoms with E-state index >= 15 is 0 Å². The first-order valence-electron chi connectivity index (χ1n) is 6.12. The lowest BCUT2D eigenvalue weighted by atomic mass is 9.91. The highest BCUT2D eigenvalue weighted by Crippen LogP contribution is 2.28. The first-order valence-corrected chi connectivity index (χ1v) is 6.92. The second kappa shape index (κ2) is 5.79. The molecule has 0 saturated carbocycles. The molecular formula is C13H16BrN3O2. The maximum atomic E-state index is 9.80. The number of nitrogens with zero attached hydrogens (tertiary/aromatic N) is 3. The summed E-state index contributed by atoms with van der Waals surface area (Å²) in [5.74, 6) is 0.932. The van der Waals surface area contributed by atoms with E-state index in [0.717, 1.165) is 4.47 Å². The molecule has 2 heterocycles. The summed E-state index contributed by atoms with van der Waals surface area (Å²) in [6.07, 6.45) is 1.14. The molecule has 6 heteroatoms. The maximum absolute atomic E-state index is 9.80. The van der Waals surface area contributed by atoms with Gasteiger partial charge in [-0.3, -0.25) is 4.98 Å². The molecule has 0 aliphatic carbocycles. The first-order chi connectivity index (χ1) is 8.99. The maximum Gasteiger partial charge on any atom is 0.232 e. The Bertz CT molecular complexity index is 529. The quantitative estimate of drug-likeness (QED) is 0.935. The molecule has 19 heavy (non-hydrogen) atoms. The van der Waals surface area contributed by atoms with E-state index in [-0.39, 0.29) is 11.8 Å². The third kappa shape index (κ3) is 3.19. The molecule has 0 amide bonds. The molecule has 0 aliphatic rings. The molecule has 2 atom stereocenters. The van der Waals surface area contributed by atoms with Crippen LogP contribution in [0.25, 0.3) is 11.5 Å². The van der Waals surface area contributed by atoms with Crippen LogP contribution in [0.4, 0.5) is 0 Å². The normalized spacial score (nSPS) is 14.6. The molecule has 2 rings (SSSR count).